The fraction of sp³-hybridized carbons (Fsp3) is 0.538. The molecule has 1 unspecified atom stereocenters. The smallest absolute Gasteiger partial charge is 0.238 e. The number of anilines is 1. The van der Waals surface area contributed by atoms with Crippen molar-refractivity contribution in [2.24, 2.45) is 5.73 Å². The topological polar surface area (TPSA) is 77.2 Å². The van der Waals surface area contributed by atoms with Crippen molar-refractivity contribution in [2.45, 2.75) is 45.8 Å². The highest BCUT2D eigenvalue weighted by molar-refractivity contribution is 5.92. The SMILES string of the molecule is CCC(N)CC(=O)Nc1cccnc1OC(C)C. The van der Waals surface area contributed by atoms with Gasteiger partial charge in [-0.15, -0.1) is 0 Å². The van der Waals surface area contributed by atoms with Crippen LogP contribution in [0.3, 0.4) is 0 Å². The maximum absolute atomic E-state index is 11.7. The second kappa shape index (κ2) is 6.96. The second-order valence-electron chi connectivity index (χ2n) is 4.44. The lowest BCUT2D eigenvalue weighted by atomic mass is 10.1. The van der Waals surface area contributed by atoms with Gasteiger partial charge in [-0.25, -0.2) is 4.98 Å². The Labute approximate surface area is 108 Å². The maximum Gasteiger partial charge on any atom is 0.238 e. The summed E-state index contributed by atoms with van der Waals surface area (Å²) in [6.45, 7) is 5.77. The van der Waals surface area contributed by atoms with Crippen LogP contribution >= 0.6 is 0 Å². The maximum atomic E-state index is 11.7. The normalized spacial score (nSPS) is 12.3. The molecule has 0 aromatic carbocycles. The molecule has 1 atom stereocenters. The molecule has 3 N–H and O–H groups in total. The number of nitrogens with two attached hydrogens (primary N) is 1. The summed E-state index contributed by atoms with van der Waals surface area (Å²) in [6.07, 6.45) is 2.71. The van der Waals surface area contributed by atoms with Crippen molar-refractivity contribution < 1.29 is 9.53 Å². The first kappa shape index (κ1) is 14.4. The lowest BCUT2D eigenvalue weighted by molar-refractivity contribution is -0.116. The first-order valence-corrected chi connectivity index (χ1v) is 6.20. The monoisotopic (exact) mass is 251 g/mol. The Balaban J connectivity index is 2.68. The van der Waals surface area contributed by atoms with Gasteiger partial charge in [0.15, 0.2) is 0 Å². The van der Waals surface area contributed by atoms with Gasteiger partial charge >= 0.3 is 0 Å². The Morgan fingerprint density at radius 1 is 1.56 bits per heavy atom. The van der Waals surface area contributed by atoms with Crippen molar-refractivity contribution in [1.29, 1.82) is 0 Å². The third kappa shape index (κ3) is 4.71. The number of ether oxygens (including phenoxy) is 1. The summed E-state index contributed by atoms with van der Waals surface area (Å²) in [6, 6.07) is 3.40. The van der Waals surface area contributed by atoms with E-state index in [0.717, 1.165) is 6.42 Å². The highest BCUT2D eigenvalue weighted by atomic mass is 16.5. The van der Waals surface area contributed by atoms with Gasteiger partial charge in [0.2, 0.25) is 11.8 Å². The molecule has 5 nitrogen and oxygen atoms in total. The molecule has 1 aromatic heterocycles. The number of pyridine rings is 1. The van der Waals surface area contributed by atoms with E-state index in [0.29, 0.717) is 18.0 Å². The van der Waals surface area contributed by atoms with Crippen molar-refractivity contribution in [2.75, 3.05) is 5.32 Å². The van der Waals surface area contributed by atoms with E-state index in [1.165, 1.54) is 0 Å². The molecule has 0 fully saturated rings. The Morgan fingerprint density at radius 2 is 2.28 bits per heavy atom. The van der Waals surface area contributed by atoms with E-state index in [1.54, 1.807) is 18.3 Å². The zero-order valence-corrected chi connectivity index (χ0v) is 11.1. The molecule has 18 heavy (non-hydrogen) atoms. The summed E-state index contributed by atoms with van der Waals surface area (Å²) >= 11 is 0. The van der Waals surface area contributed by atoms with E-state index < -0.39 is 0 Å². The van der Waals surface area contributed by atoms with Crippen LogP contribution in [0.2, 0.25) is 0 Å². The van der Waals surface area contributed by atoms with Crippen LogP contribution in [0.25, 0.3) is 0 Å². The van der Waals surface area contributed by atoms with Crippen LogP contribution in [0, 0.1) is 0 Å². The zero-order valence-electron chi connectivity index (χ0n) is 11.1. The van der Waals surface area contributed by atoms with Crippen molar-refractivity contribution in [1.82, 2.24) is 4.98 Å². The van der Waals surface area contributed by atoms with Gasteiger partial charge in [-0.2, -0.15) is 0 Å². The molecule has 0 radical (unpaired) electrons. The van der Waals surface area contributed by atoms with E-state index in [-0.39, 0.29) is 18.1 Å². The lowest BCUT2D eigenvalue weighted by Gasteiger charge is -2.14. The Bertz CT molecular complexity index is 394. The number of nitrogens with one attached hydrogen (secondary N) is 1. The number of hydrogen-bond acceptors (Lipinski definition) is 4. The summed E-state index contributed by atoms with van der Waals surface area (Å²) in [7, 11) is 0. The van der Waals surface area contributed by atoms with Crippen LogP contribution in [-0.2, 0) is 4.79 Å². The van der Waals surface area contributed by atoms with Gasteiger partial charge in [-0.3, -0.25) is 4.79 Å². The fourth-order valence-corrected chi connectivity index (χ4v) is 1.39. The van der Waals surface area contributed by atoms with E-state index >= 15 is 0 Å². The fourth-order valence-electron chi connectivity index (χ4n) is 1.39. The molecule has 0 aliphatic heterocycles. The van der Waals surface area contributed by atoms with Crippen LogP contribution in [0.5, 0.6) is 5.88 Å². The second-order valence-corrected chi connectivity index (χ2v) is 4.44. The van der Waals surface area contributed by atoms with E-state index in [2.05, 4.69) is 10.3 Å². The molecule has 0 spiro atoms. The van der Waals surface area contributed by atoms with Crippen molar-refractivity contribution in [3.63, 3.8) is 0 Å². The summed E-state index contributed by atoms with van der Waals surface area (Å²) < 4.78 is 5.52. The first-order chi connectivity index (χ1) is 8.52. The highest BCUT2D eigenvalue weighted by Gasteiger charge is 2.12. The van der Waals surface area contributed by atoms with E-state index in [4.69, 9.17) is 10.5 Å². The standard InChI is InChI=1S/C13H21N3O2/c1-4-10(14)8-12(17)16-11-6-5-7-15-13(11)18-9(2)3/h5-7,9-10H,4,8,14H2,1-3H3,(H,16,17). The number of nitrogens with zero attached hydrogens (tertiary/aromatic N) is 1. The molecule has 0 saturated carbocycles. The number of hydrogen-bond donors (Lipinski definition) is 2. The van der Waals surface area contributed by atoms with Gasteiger partial charge < -0.3 is 15.8 Å². The van der Waals surface area contributed by atoms with Gasteiger partial charge in [0.1, 0.15) is 5.69 Å². The molecule has 0 saturated heterocycles. The molecular formula is C13H21N3O2. The number of aromatic nitrogens is 1. The summed E-state index contributed by atoms with van der Waals surface area (Å²) in [5, 5.41) is 2.77. The van der Waals surface area contributed by atoms with Gasteiger partial charge in [0.05, 0.1) is 6.10 Å². The Morgan fingerprint density at radius 3 is 2.89 bits per heavy atom. The van der Waals surface area contributed by atoms with E-state index in [1.807, 2.05) is 20.8 Å². The molecule has 100 valence electrons. The molecule has 1 rings (SSSR count). The average Bonchev–Trinajstić information content (AvgIpc) is 2.30. The van der Waals surface area contributed by atoms with Crippen LogP contribution in [-0.4, -0.2) is 23.0 Å². The van der Waals surface area contributed by atoms with Crippen molar-refractivity contribution in [3.8, 4) is 5.88 Å². The molecule has 0 aliphatic rings. The van der Waals surface area contributed by atoms with Gasteiger partial charge in [0, 0.05) is 18.7 Å². The van der Waals surface area contributed by atoms with Crippen LogP contribution in [0.4, 0.5) is 5.69 Å². The molecule has 1 heterocycles. The van der Waals surface area contributed by atoms with Crippen molar-refractivity contribution >= 4 is 11.6 Å². The molecule has 5 heteroatoms. The zero-order chi connectivity index (χ0) is 13.5. The largest absolute Gasteiger partial charge is 0.473 e. The van der Waals surface area contributed by atoms with Gasteiger partial charge in [0.25, 0.3) is 0 Å². The predicted molar refractivity (Wildman–Crippen MR) is 71.5 cm³/mol. The first-order valence-electron chi connectivity index (χ1n) is 6.20. The van der Waals surface area contributed by atoms with Crippen LogP contribution < -0.4 is 15.8 Å². The van der Waals surface area contributed by atoms with E-state index in [9.17, 15) is 4.79 Å². The lowest BCUT2D eigenvalue weighted by Crippen LogP contribution is -2.26. The molecule has 1 aromatic rings. The Kier molecular flexibility index (Phi) is 5.58. The third-order valence-corrected chi connectivity index (χ3v) is 2.36. The summed E-state index contributed by atoms with van der Waals surface area (Å²) in [4.78, 5) is 15.8. The summed E-state index contributed by atoms with van der Waals surface area (Å²) in [5.74, 6) is 0.317. The number of carbonyl (C=O) groups excluding carboxylic acids is 1. The molecule has 0 bridgehead atoms. The molecule has 0 aliphatic carbocycles. The molecule has 1 amide bonds. The predicted octanol–water partition coefficient (Wildman–Crippen LogP) is 1.93. The quantitative estimate of drug-likeness (QED) is 0.810. The minimum atomic E-state index is -0.119. The average molecular weight is 251 g/mol. The number of carbonyl (C=O) groups is 1. The van der Waals surface area contributed by atoms with Crippen LogP contribution in [0.1, 0.15) is 33.6 Å². The molecular weight excluding hydrogens is 230 g/mol. The van der Waals surface area contributed by atoms with Crippen molar-refractivity contribution in [3.05, 3.63) is 18.3 Å². The third-order valence-electron chi connectivity index (χ3n) is 2.36. The number of amides is 1. The number of rotatable bonds is 6. The minimum Gasteiger partial charge on any atom is -0.473 e. The summed E-state index contributed by atoms with van der Waals surface area (Å²) in [5.41, 5.74) is 6.32. The van der Waals surface area contributed by atoms with Gasteiger partial charge in [-0.1, -0.05) is 6.92 Å². The Hall–Kier alpha value is -1.62. The highest BCUT2D eigenvalue weighted by Crippen LogP contribution is 2.21. The van der Waals surface area contributed by atoms with Gasteiger partial charge in [-0.05, 0) is 32.4 Å². The minimum absolute atomic E-state index is 0.00782. The van der Waals surface area contributed by atoms with Crippen LogP contribution in [0.15, 0.2) is 18.3 Å².